The van der Waals surface area contributed by atoms with E-state index in [4.69, 9.17) is 0 Å². The highest BCUT2D eigenvalue weighted by atomic mass is 16.1. The number of benzene rings is 2. The molecule has 1 N–H and O–H groups in total. The number of rotatable bonds is 4. The number of imidazole rings is 1. The van der Waals surface area contributed by atoms with E-state index < -0.39 is 0 Å². The first-order valence-electron chi connectivity index (χ1n) is 7.41. The fourth-order valence-corrected chi connectivity index (χ4v) is 2.51. The number of hydrogen-bond acceptors (Lipinski definition) is 2. The van der Waals surface area contributed by atoms with E-state index in [9.17, 15) is 4.79 Å². The van der Waals surface area contributed by atoms with Gasteiger partial charge in [0.1, 0.15) is 0 Å². The van der Waals surface area contributed by atoms with Crippen molar-refractivity contribution in [3.05, 3.63) is 59.9 Å². The normalized spacial score (nSPS) is 10.8. The lowest BCUT2D eigenvalue weighted by Gasteiger charge is -2.10. The summed E-state index contributed by atoms with van der Waals surface area (Å²) in [5.41, 5.74) is 5.20. The Morgan fingerprint density at radius 3 is 2.82 bits per heavy atom. The standard InChI is InChI=1S/C18H19N3O/c1-13-6-5-8-15(14(13)2)20-18(22)10-11-21-12-19-16-7-3-4-9-17(16)21/h3-9,12H,10-11H2,1-2H3,(H,20,22). The first kappa shape index (κ1) is 14.3. The molecule has 3 aromatic rings. The van der Waals surface area contributed by atoms with Gasteiger partial charge in [0, 0.05) is 18.7 Å². The number of nitrogens with one attached hydrogen (secondary N) is 1. The summed E-state index contributed by atoms with van der Waals surface area (Å²) >= 11 is 0. The van der Waals surface area contributed by atoms with E-state index in [0.717, 1.165) is 22.3 Å². The predicted molar refractivity (Wildman–Crippen MR) is 88.9 cm³/mol. The first-order chi connectivity index (χ1) is 10.6. The maximum absolute atomic E-state index is 12.2. The van der Waals surface area contributed by atoms with Crippen molar-refractivity contribution in [3.8, 4) is 0 Å². The fraction of sp³-hybridized carbons (Fsp3) is 0.222. The summed E-state index contributed by atoms with van der Waals surface area (Å²) in [5, 5.41) is 2.99. The predicted octanol–water partition coefficient (Wildman–Crippen LogP) is 3.68. The summed E-state index contributed by atoms with van der Waals surface area (Å²) in [5.74, 6) is 0.0199. The van der Waals surface area contributed by atoms with Crippen LogP contribution in [0.25, 0.3) is 11.0 Å². The van der Waals surface area contributed by atoms with Crippen LogP contribution in [0.5, 0.6) is 0 Å². The zero-order valence-corrected chi connectivity index (χ0v) is 12.8. The Bertz CT molecular complexity index is 820. The van der Waals surface area contributed by atoms with Gasteiger partial charge in [0.2, 0.25) is 5.91 Å². The van der Waals surface area contributed by atoms with Gasteiger partial charge in [-0.3, -0.25) is 4.79 Å². The number of anilines is 1. The third-order valence-corrected chi connectivity index (χ3v) is 3.99. The van der Waals surface area contributed by atoms with Crippen LogP contribution in [-0.4, -0.2) is 15.5 Å². The number of aryl methyl sites for hydroxylation is 2. The summed E-state index contributed by atoms with van der Waals surface area (Å²) in [6, 6.07) is 13.9. The van der Waals surface area contributed by atoms with Gasteiger partial charge in [0.15, 0.2) is 0 Å². The highest BCUT2D eigenvalue weighted by Gasteiger charge is 2.07. The van der Waals surface area contributed by atoms with Crippen molar-refractivity contribution in [3.63, 3.8) is 0 Å². The zero-order chi connectivity index (χ0) is 15.5. The molecule has 3 rings (SSSR count). The third-order valence-electron chi connectivity index (χ3n) is 3.99. The molecule has 0 aliphatic heterocycles. The lowest BCUT2D eigenvalue weighted by molar-refractivity contribution is -0.116. The number of carbonyl (C=O) groups excluding carboxylic acids is 1. The largest absolute Gasteiger partial charge is 0.330 e. The Labute approximate surface area is 129 Å². The second kappa shape index (κ2) is 6.02. The minimum Gasteiger partial charge on any atom is -0.330 e. The highest BCUT2D eigenvalue weighted by Crippen LogP contribution is 2.18. The molecule has 0 radical (unpaired) electrons. The maximum Gasteiger partial charge on any atom is 0.226 e. The van der Waals surface area contributed by atoms with Crippen LogP contribution < -0.4 is 5.32 Å². The molecule has 0 bridgehead atoms. The van der Waals surface area contributed by atoms with Crippen LogP contribution >= 0.6 is 0 Å². The van der Waals surface area contributed by atoms with Crippen LogP contribution in [0.4, 0.5) is 5.69 Å². The minimum absolute atomic E-state index is 0.0199. The number of carbonyl (C=O) groups is 1. The summed E-state index contributed by atoms with van der Waals surface area (Å²) in [6.45, 7) is 4.69. The van der Waals surface area contributed by atoms with E-state index in [-0.39, 0.29) is 5.91 Å². The second-order valence-corrected chi connectivity index (χ2v) is 5.47. The van der Waals surface area contributed by atoms with Crippen LogP contribution in [0, 0.1) is 13.8 Å². The third kappa shape index (κ3) is 2.86. The molecule has 0 aliphatic rings. The average molecular weight is 293 g/mol. The van der Waals surface area contributed by atoms with Crippen molar-refractivity contribution >= 4 is 22.6 Å². The SMILES string of the molecule is Cc1cccc(NC(=O)CCn2cnc3ccccc32)c1C. The van der Waals surface area contributed by atoms with Crippen molar-refractivity contribution in [2.24, 2.45) is 0 Å². The van der Waals surface area contributed by atoms with E-state index >= 15 is 0 Å². The van der Waals surface area contributed by atoms with Crippen molar-refractivity contribution in [2.75, 3.05) is 5.32 Å². The van der Waals surface area contributed by atoms with Gasteiger partial charge in [0.05, 0.1) is 17.4 Å². The second-order valence-electron chi connectivity index (χ2n) is 5.47. The molecule has 2 aromatic carbocycles. The van der Waals surface area contributed by atoms with Gasteiger partial charge in [-0.05, 0) is 43.2 Å². The smallest absolute Gasteiger partial charge is 0.226 e. The number of nitrogens with zero attached hydrogens (tertiary/aromatic N) is 2. The molecule has 0 spiro atoms. The summed E-state index contributed by atoms with van der Waals surface area (Å²) in [4.78, 5) is 16.5. The fourth-order valence-electron chi connectivity index (χ4n) is 2.51. The molecule has 112 valence electrons. The minimum atomic E-state index is 0.0199. The van der Waals surface area contributed by atoms with Crippen molar-refractivity contribution in [2.45, 2.75) is 26.8 Å². The quantitative estimate of drug-likeness (QED) is 0.797. The summed E-state index contributed by atoms with van der Waals surface area (Å²) in [7, 11) is 0. The summed E-state index contributed by atoms with van der Waals surface area (Å²) in [6.07, 6.45) is 2.21. The van der Waals surface area contributed by atoms with Crippen LogP contribution in [0.15, 0.2) is 48.8 Å². The molecular weight excluding hydrogens is 274 g/mol. The molecule has 0 aliphatic carbocycles. The van der Waals surface area contributed by atoms with Crippen molar-refractivity contribution in [1.29, 1.82) is 0 Å². The van der Waals surface area contributed by atoms with Crippen LogP contribution in [0.1, 0.15) is 17.5 Å². The lowest BCUT2D eigenvalue weighted by Crippen LogP contribution is -2.15. The zero-order valence-electron chi connectivity index (χ0n) is 12.8. The van der Waals surface area contributed by atoms with Gasteiger partial charge in [-0.15, -0.1) is 0 Å². The number of para-hydroxylation sites is 2. The van der Waals surface area contributed by atoms with E-state index in [2.05, 4.69) is 10.3 Å². The van der Waals surface area contributed by atoms with Crippen LogP contribution in [0.2, 0.25) is 0 Å². The number of hydrogen-bond donors (Lipinski definition) is 1. The van der Waals surface area contributed by atoms with Gasteiger partial charge < -0.3 is 9.88 Å². The van der Waals surface area contributed by atoms with E-state index in [1.165, 1.54) is 5.56 Å². The van der Waals surface area contributed by atoms with E-state index in [1.807, 2.05) is 60.9 Å². The molecule has 0 atom stereocenters. The average Bonchev–Trinajstić information content (AvgIpc) is 2.93. The van der Waals surface area contributed by atoms with E-state index in [1.54, 1.807) is 6.33 Å². The van der Waals surface area contributed by atoms with Gasteiger partial charge in [-0.25, -0.2) is 4.98 Å². The van der Waals surface area contributed by atoms with Crippen LogP contribution in [-0.2, 0) is 11.3 Å². The molecule has 22 heavy (non-hydrogen) atoms. The molecular formula is C18H19N3O. The Balaban J connectivity index is 1.66. The van der Waals surface area contributed by atoms with Crippen molar-refractivity contribution in [1.82, 2.24) is 9.55 Å². The van der Waals surface area contributed by atoms with Crippen LogP contribution in [0.3, 0.4) is 0 Å². The number of aromatic nitrogens is 2. The van der Waals surface area contributed by atoms with Gasteiger partial charge >= 0.3 is 0 Å². The van der Waals surface area contributed by atoms with E-state index in [0.29, 0.717) is 13.0 Å². The first-order valence-corrected chi connectivity index (χ1v) is 7.41. The maximum atomic E-state index is 12.2. The molecule has 1 amide bonds. The number of fused-ring (bicyclic) bond motifs is 1. The Hall–Kier alpha value is -2.62. The monoisotopic (exact) mass is 293 g/mol. The Kier molecular flexibility index (Phi) is 3.92. The lowest BCUT2D eigenvalue weighted by atomic mass is 10.1. The molecule has 4 nitrogen and oxygen atoms in total. The summed E-state index contributed by atoms with van der Waals surface area (Å²) < 4.78 is 2.01. The van der Waals surface area contributed by atoms with Crippen molar-refractivity contribution < 1.29 is 4.79 Å². The molecule has 1 aromatic heterocycles. The molecule has 0 saturated heterocycles. The van der Waals surface area contributed by atoms with Gasteiger partial charge in [-0.2, -0.15) is 0 Å². The molecule has 0 unspecified atom stereocenters. The Morgan fingerprint density at radius 1 is 1.14 bits per heavy atom. The topological polar surface area (TPSA) is 46.9 Å². The molecule has 1 heterocycles. The molecule has 0 saturated carbocycles. The molecule has 4 heteroatoms. The Morgan fingerprint density at radius 2 is 1.95 bits per heavy atom. The molecule has 0 fully saturated rings. The van der Waals surface area contributed by atoms with Gasteiger partial charge in [0.25, 0.3) is 0 Å². The number of amides is 1. The highest BCUT2D eigenvalue weighted by molar-refractivity contribution is 5.91. The van der Waals surface area contributed by atoms with Gasteiger partial charge in [-0.1, -0.05) is 24.3 Å².